The molecule has 0 amide bonds. The van der Waals surface area contributed by atoms with Crippen LogP contribution < -0.4 is 0 Å². The molecule has 3 aromatic carbocycles. The molecule has 0 saturated carbocycles. The van der Waals surface area contributed by atoms with Gasteiger partial charge in [-0.15, -0.1) is 0 Å². The van der Waals surface area contributed by atoms with E-state index in [1.165, 1.54) is 22.3 Å². The Hall–Kier alpha value is -2.62. The number of aryl methyl sites for hydroxylation is 1. The SMILES string of the molecule is CCCN(CCCc1ccc(C(=O)OCC)cc1)Cc1ccccc1-c1ccc(Cl)cc1. The fourth-order valence-electron chi connectivity index (χ4n) is 3.93. The molecule has 0 aliphatic carbocycles. The Bertz CT molecular complexity index is 983. The number of rotatable bonds is 11. The molecule has 4 heteroatoms. The molecule has 0 saturated heterocycles. The van der Waals surface area contributed by atoms with E-state index in [2.05, 4.69) is 48.2 Å². The second-order valence-corrected chi connectivity index (χ2v) is 8.40. The zero-order valence-electron chi connectivity index (χ0n) is 19.0. The lowest BCUT2D eigenvalue weighted by Crippen LogP contribution is -2.26. The zero-order valence-corrected chi connectivity index (χ0v) is 19.8. The smallest absolute Gasteiger partial charge is 0.338 e. The summed E-state index contributed by atoms with van der Waals surface area (Å²) in [5.41, 5.74) is 5.66. The Morgan fingerprint density at radius 1 is 0.906 bits per heavy atom. The lowest BCUT2D eigenvalue weighted by atomic mass is 9.99. The molecule has 168 valence electrons. The van der Waals surface area contributed by atoms with E-state index in [-0.39, 0.29) is 5.97 Å². The van der Waals surface area contributed by atoms with Gasteiger partial charge < -0.3 is 4.74 Å². The lowest BCUT2D eigenvalue weighted by molar-refractivity contribution is 0.0526. The van der Waals surface area contributed by atoms with Gasteiger partial charge in [0.1, 0.15) is 0 Å². The maximum atomic E-state index is 11.8. The molecule has 3 rings (SSSR count). The van der Waals surface area contributed by atoms with E-state index in [4.69, 9.17) is 16.3 Å². The molecular weight excluding hydrogens is 418 g/mol. The molecule has 0 N–H and O–H groups in total. The maximum Gasteiger partial charge on any atom is 0.338 e. The van der Waals surface area contributed by atoms with Gasteiger partial charge in [-0.2, -0.15) is 0 Å². The van der Waals surface area contributed by atoms with E-state index in [0.29, 0.717) is 12.2 Å². The van der Waals surface area contributed by atoms with Crippen molar-refractivity contribution in [3.63, 3.8) is 0 Å². The third-order valence-electron chi connectivity index (χ3n) is 5.51. The van der Waals surface area contributed by atoms with Crippen LogP contribution in [0, 0.1) is 0 Å². The summed E-state index contributed by atoms with van der Waals surface area (Å²) in [6, 6.07) is 24.5. The van der Waals surface area contributed by atoms with Crippen molar-refractivity contribution < 1.29 is 9.53 Å². The van der Waals surface area contributed by atoms with Gasteiger partial charge in [0.15, 0.2) is 0 Å². The van der Waals surface area contributed by atoms with Crippen molar-refractivity contribution in [2.75, 3.05) is 19.7 Å². The van der Waals surface area contributed by atoms with Crippen molar-refractivity contribution in [3.05, 3.63) is 94.5 Å². The Morgan fingerprint density at radius 2 is 1.62 bits per heavy atom. The first-order valence-electron chi connectivity index (χ1n) is 11.4. The van der Waals surface area contributed by atoms with Crippen molar-refractivity contribution in [2.24, 2.45) is 0 Å². The first-order chi connectivity index (χ1) is 15.6. The molecule has 0 bridgehead atoms. The average molecular weight is 450 g/mol. The number of hydrogen-bond acceptors (Lipinski definition) is 3. The van der Waals surface area contributed by atoms with E-state index in [1.54, 1.807) is 0 Å². The molecule has 0 unspecified atom stereocenters. The van der Waals surface area contributed by atoms with E-state index < -0.39 is 0 Å². The van der Waals surface area contributed by atoms with Gasteiger partial charge in [-0.3, -0.25) is 4.90 Å². The second kappa shape index (κ2) is 12.4. The molecule has 0 radical (unpaired) electrons. The molecule has 0 aliphatic rings. The highest BCUT2D eigenvalue weighted by Crippen LogP contribution is 2.26. The minimum atomic E-state index is -0.257. The van der Waals surface area contributed by atoms with Crippen LogP contribution in [0.5, 0.6) is 0 Å². The summed E-state index contributed by atoms with van der Waals surface area (Å²) < 4.78 is 5.06. The van der Waals surface area contributed by atoms with Crippen LogP contribution >= 0.6 is 11.6 Å². The highest BCUT2D eigenvalue weighted by Gasteiger charge is 2.11. The minimum Gasteiger partial charge on any atom is -0.462 e. The van der Waals surface area contributed by atoms with Gasteiger partial charge >= 0.3 is 5.97 Å². The Balaban J connectivity index is 1.61. The molecule has 0 spiro atoms. The van der Waals surface area contributed by atoms with Crippen LogP contribution in [0.3, 0.4) is 0 Å². The van der Waals surface area contributed by atoms with E-state index in [1.807, 2.05) is 43.3 Å². The van der Waals surface area contributed by atoms with Gasteiger partial charge in [0, 0.05) is 11.6 Å². The molecule has 3 aromatic rings. The fourth-order valence-corrected chi connectivity index (χ4v) is 4.05. The standard InChI is InChI=1S/C28H32ClNO2/c1-3-19-30(20-7-8-22-11-13-24(14-12-22)28(31)32-4-2)21-25-9-5-6-10-27(25)23-15-17-26(29)18-16-23/h5-6,9-18H,3-4,7-8,19-21H2,1-2H3. The number of hydrogen-bond donors (Lipinski definition) is 0. The number of esters is 1. The Morgan fingerprint density at radius 3 is 2.31 bits per heavy atom. The van der Waals surface area contributed by atoms with Crippen LogP contribution in [0.1, 0.15) is 48.2 Å². The van der Waals surface area contributed by atoms with Crippen LogP contribution in [0.4, 0.5) is 0 Å². The number of carbonyl (C=O) groups is 1. The maximum absolute atomic E-state index is 11.8. The fraction of sp³-hybridized carbons (Fsp3) is 0.321. The van der Waals surface area contributed by atoms with E-state index >= 15 is 0 Å². The van der Waals surface area contributed by atoms with Crippen molar-refractivity contribution >= 4 is 17.6 Å². The summed E-state index contributed by atoms with van der Waals surface area (Å²) in [7, 11) is 0. The molecule has 0 aromatic heterocycles. The Labute approximate surface area is 197 Å². The van der Waals surface area contributed by atoms with Crippen LogP contribution in [0.15, 0.2) is 72.8 Å². The predicted octanol–water partition coefficient (Wildman–Crippen LogP) is 7.03. The summed E-state index contributed by atoms with van der Waals surface area (Å²) in [6.07, 6.45) is 3.18. The minimum absolute atomic E-state index is 0.257. The first kappa shape index (κ1) is 24.0. The quantitative estimate of drug-likeness (QED) is 0.294. The van der Waals surface area contributed by atoms with Crippen molar-refractivity contribution in [1.82, 2.24) is 4.90 Å². The number of nitrogens with zero attached hydrogens (tertiary/aromatic N) is 1. The number of carbonyl (C=O) groups excluding carboxylic acids is 1. The molecule has 0 fully saturated rings. The molecular formula is C28H32ClNO2. The largest absolute Gasteiger partial charge is 0.462 e. The molecule has 3 nitrogen and oxygen atoms in total. The normalized spacial score (nSPS) is 11.0. The predicted molar refractivity (Wildman–Crippen MR) is 133 cm³/mol. The van der Waals surface area contributed by atoms with Gasteiger partial charge in [0.05, 0.1) is 12.2 Å². The molecule has 0 heterocycles. The highest BCUT2D eigenvalue weighted by atomic mass is 35.5. The van der Waals surface area contributed by atoms with Gasteiger partial charge in [0.2, 0.25) is 0 Å². The van der Waals surface area contributed by atoms with E-state index in [0.717, 1.165) is 43.9 Å². The van der Waals surface area contributed by atoms with Crippen molar-refractivity contribution in [3.8, 4) is 11.1 Å². The molecule has 32 heavy (non-hydrogen) atoms. The number of ether oxygens (including phenoxy) is 1. The summed E-state index contributed by atoms with van der Waals surface area (Å²) >= 11 is 6.08. The van der Waals surface area contributed by atoms with E-state index in [9.17, 15) is 4.79 Å². The third-order valence-corrected chi connectivity index (χ3v) is 5.76. The summed E-state index contributed by atoms with van der Waals surface area (Å²) in [5.74, 6) is -0.257. The van der Waals surface area contributed by atoms with Crippen LogP contribution in [-0.2, 0) is 17.7 Å². The summed E-state index contributed by atoms with van der Waals surface area (Å²) in [5, 5.41) is 0.758. The first-order valence-corrected chi connectivity index (χ1v) is 11.8. The van der Waals surface area contributed by atoms with Gasteiger partial charge in [-0.25, -0.2) is 4.79 Å². The summed E-state index contributed by atoms with van der Waals surface area (Å²) in [4.78, 5) is 14.3. The third kappa shape index (κ3) is 6.94. The lowest BCUT2D eigenvalue weighted by Gasteiger charge is -2.23. The van der Waals surface area contributed by atoms with Crippen molar-refractivity contribution in [1.29, 1.82) is 0 Å². The van der Waals surface area contributed by atoms with Gasteiger partial charge in [-0.1, -0.05) is 67.1 Å². The molecule has 0 atom stereocenters. The topological polar surface area (TPSA) is 29.5 Å². The second-order valence-electron chi connectivity index (χ2n) is 7.96. The molecule has 0 aliphatic heterocycles. The Kier molecular flexibility index (Phi) is 9.33. The van der Waals surface area contributed by atoms with Gasteiger partial charge in [0.25, 0.3) is 0 Å². The average Bonchev–Trinajstić information content (AvgIpc) is 2.81. The number of benzene rings is 3. The van der Waals surface area contributed by atoms with Crippen LogP contribution in [-0.4, -0.2) is 30.6 Å². The monoisotopic (exact) mass is 449 g/mol. The summed E-state index contributed by atoms with van der Waals surface area (Å²) in [6.45, 7) is 7.47. The zero-order chi connectivity index (χ0) is 22.8. The van der Waals surface area contributed by atoms with Crippen molar-refractivity contribution in [2.45, 2.75) is 39.7 Å². The van der Waals surface area contributed by atoms with Crippen LogP contribution in [0.25, 0.3) is 11.1 Å². The highest BCUT2D eigenvalue weighted by molar-refractivity contribution is 6.30. The van der Waals surface area contributed by atoms with Crippen LogP contribution in [0.2, 0.25) is 5.02 Å². The number of halogens is 1. The van der Waals surface area contributed by atoms with Gasteiger partial charge in [-0.05, 0) is 85.8 Å².